The van der Waals surface area contributed by atoms with E-state index in [9.17, 15) is 4.79 Å². The fourth-order valence-corrected chi connectivity index (χ4v) is 2.55. The van der Waals surface area contributed by atoms with E-state index in [-0.39, 0.29) is 6.42 Å². The number of allylic oxidation sites excluding steroid dienone is 1. The summed E-state index contributed by atoms with van der Waals surface area (Å²) in [5.41, 5.74) is 2.93. The lowest BCUT2D eigenvalue weighted by Gasteiger charge is -2.11. The number of hydrogen-bond donors (Lipinski definition) is 1. The number of aliphatic carboxylic acids is 1. The summed E-state index contributed by atoms with van der Waals surface area (Å²) in [5, 5.41) is 13.0. The number of nitrogens with zero attached hydrogens (tertiary/aromatic N) is 1. The summed E-state index contributed by atoms with van der Waals surface area (Å²) in [6, 6.07) is 15.1. The maximum Gasteiger partial charge on any atom is 0.309 e. The van der Waals surface area contributed by atoms with Crippen molar-refractivity contribution in [3.05, 3.63) is 65.7 Å². The third-order valence-corrected chi connectivity index (χ3v) is 3.73. The van der Waals surface area contributed by atoms with Crippen molar-refractivity contribution in [2.45, 2.75) is 13.3 Å². The van der Waals surface area contributed by atoms with Gasteiger partial charge in [-0.15, -0.1) is 0 Å². The molecule has 2 rings (SSSR count). The van der Waals surface area contributed by atoms with Crippen molar-refractivity contribution >= 4 is 17.3 Å². The molecule has 142 valence electrons. The van der Waals surface area contributed by atoms with Crippen LogP contribution in [-0.2, 0) is 9.63 Å². The van der Waals surface area contributed by atoms with Crippen LogP contribution in [0.4, 0.5) is 0 Å². The number of carbonyl (C=O) groups is 1. The van der Waals surface area contributed by atoms with E-state index in [0.29, 0.717) is 12.3 Å². The van der Waals surface area contributed by atoms with Gasteiger partial charge in [0.05, 0.1) is 25.8 Å². The molecule has 0 aromatic heterocycles. The summed E-state index contributed by atoms with van der Waals surface area (Å²) in [6.07, 6.45) is 1.47. The van der Waals surface area contributed by atoms with E-state index in [1.807, 2.05) is 55.5 Å². The first kappa shape index (κ1) is 20.0. The second kappa shape index (κ2) is 10.0. The summed E-state index contributed by atoms with van der Waals surface area (Å²) in [4.78, 5) is 15.9. The van der Waals surface area contributed by atoms with Gasteiger partial charge in [0, 0.05) is 0 Å². The van der Waals surface area contributed by atoms with Gasteiger partial charge < -0.3 is 19.4 Å². The molecule has 27 heavy (non-hydrogen) atoms. The quantitative estimate of drug-likeness (QED) is 0.534. The third kappa shape index (κ3) is 5.88. The molecule has 0 aliphatic carbocycles. The second-order valence-electron chi connectivity index (χ2n) is 5.58. The van der Waals surface area contributed by atoms with E-state index < -0.39 is 5.97 Å². The van der Waals surface area contributed by atoms with Gasteiger partial charge in [-0.3, -0.25) is 4.79 Å². The highest BCUT2D eigenvalue weighted by atomic mass is 16.6. The monoisotopic (exact) mass is 369 g/mol. The Morgan fingerprint density at radius 3 is 2.00 bits per heavy atom. The maximum atomic E-state index is 11.1. The van der Waals surface area contributed by atoms with Crippen molar-refractivity contribution in [2.75, 3.05) is 20.8 Å². The lowest BCUT2D eigenvalue weighted by atomic mass is 9.96. The Bertz CT molecular complexity index is 807. The molecule has 0 fully saturated rings. The molecule has 2 aromatic rings. The Labute approximate surface area is 158 Å². The maximum absolute atomic E-state index is 11.1. The Hall–Kier alpha value is -3.28. The standard InChI is InChI=1S/C21H23NO5/c1-4-27-19-11-7-16(8-12-19)20(13-17(22-26-3)14-21(23)24)15-5-9-18(25-2)10-6-15/h5-13H,4,14H2,1-3H3,(H,23,24). The summed E-state index contributed by atoms with van der Waals surface area (Å²) >= 11 is 0. The Kier molecular flexibility index (Phi) is 7.43. The molecule has 0 spiro atoms. The number of rotatable bonds is 9. The summed E-state index contributed by atoms with van der Waals surface area (Å²) in [6.45, 7) is 2.51. The zero-order chi connectivity index (χ0) is 19.6. The van der Waals surface area contributed by atoms with Gasteiger partial charge >= 0.3 is 5.97 Å². The minimum absolute atomic E-state index is 0.246. The smallest absolute Gasteiger partial charge is 0.309 e. The molecule has 1 N–H and O–H groups in total. The molecule has 0 aliphatic rings. The first-order valence-corrected chi connectivity index (χ1v) is 8.48. The van der Waals surface area contributed by atoms with Gasteiger partial charge in [-0.25, -0.2) is 0 Å². The van der Waals surface area contributed by atoms with Crippen molar-refractivity contribution in [3.63, 3.8) is 0 Å². The number of oxime groups is 1. The van der Waals surface area contributed by atoms with Crippen LogP contribution >= 0.6 is 0 Å². The number of methoxy groups -OCH3 is 1. The fourth-order valence-electron chi connectivity index (χ4n) is 2.55. The van der Waals surface area contributed by atoms with E-state index in [1.165, 1.54) is 7.11 Å². The molecular weight excluding hydrogens is 346 g/mol. The predicted octanol–water partition coefficient (Wildman–Crippen LogP) is 4.00. The molecule has 0 bridgehead atoms. The average Bonchev–Trinajstić information content (AvgIpc) is 2.67. The SMILES string of the molecule is CCOc1ccc(C(=CC(CC(=O)O)=NOC)c2ccc(OC)cc2)cc1. The van der Waals surface area contributed by atoms with Crippen molar-refractivity contribution in [2.24, 2.45) is 5.16 Å². The molecule has 6 nitrogen and oxygen atoms in total. The van der Waals surface area contributed by atoms with Gasteiger partial charge in [-0.2, -0.15) is 0 Å². The number of carboxylic acid groups (broad SMARTS) is 1. The van der Waals surface area contributed by atoms with Crippen LogP contribution < -0.4 is 9.47 Å². The minimum atomic E-state index is -0.983. The Morgan fingerprint density at radius 1 is 1.00 bits per heavy atom. The topological polar surface area (TPSA) is 77.4 Å². The number of benzene rings is 2. The lowest BCUT2D eigenvalue weighted by molar-refractivity contribution is -0.135. The van der Waals surface area contributed by atoms with Crippen molar-refractivity contribution in [1.82, 2.24) is 0 Å². The molecule has 2 aromatic carbocycles. The predicted molar refractivity (Wildman–Crippen MR) is 104 cm³/mol. The van der Waals surface area contributed by atoms with Crippen LogP contribution in [0.5, 0.6) is 11.5 Å². The van der Waals surface area contributed by atoms with Crippen LogP contribution in [0, 0.1) is 0 Å². The van der Waals surface area contributed by atoms with Crippen molar-refractivity contribution in [1.29, 1.82) is 0 Å². The van der Waals surface area contributed by atoms with Gasteiger partial charge in [0.15, 0.2) is 0 Å². The molecule has 0 heterocycles. The molecule has 0 amide bonds. The Balaban J connectivity index is 2.50. The molecule has 6 heteroatoms. The molecule has 0 saturated carbocycles. The largest absolute Gasteiger partial charge is 0.497 e. The minimum Gasteiger partial charge on any atom is -0.497 e. The molecule has 0 aliphatic heterocycles. The molecular formula is C21H23NO5. The molecule has 0 saturated heterocycles. The van der Waals surface area contributed by atoms with Crippen LogP contribution in [0.25, 0.3) is 5.57 Å². The number of carboxylic acids is 1. The summed E-state index contributed by atoms with van der Waals surface area (Å²) < 4.78 is 10.7. The number of hydrogen-bond acceptors (Lipinski definition) is 5. The summed E-state index contributed by atoms with van der Waals surface area (Å²) in [7, 11) is 2.99. The zero-order valence-corrected chi connectivity index (χ0v) is 15.6. The van der Waals surface area contributed by atoms with Crippen molar-refractivity contribution in [3.8, 4) is 11.5 Å². The first-order chi connectivity index (χ1) is 13.1. The van der Waals surface area contributed by atoms with E-state index >= 15 is 0 Å². The zero-order valence-electron chi connectivity index (χ0n) is 15.6. The van der Waals surface area contributed by atoms with Crippen molar-refractivity contribution < 1.29 is 24.2 Å². The van der Waals surface area contributed by atoms with Crippen LogP contribution in [0.2, 0.25) is 0 Å². The molecule has 0 radical (unpaired) electrons. The van der Waals surface area contributed by atoms with Gasteiger partial charge in [0.1, 0.15) is 18.6 Å². The van der Waals surface area contributed by atoms with Gasteiger partial charge in [0.25, 0.3) is 0 Å². The highest BCUT2D eigenvalue weighted by Crippen LogP contribution is 2.27. The lowest BCUT2D eigenvalue weighted by Crippen LogP contribution is -2.06. The normalized spacial score (nSPS) is 11.8. The average molecular weight is 369 g/mol. The number of ether oxygens (including phenoxy) is 2. The van der Waals surface area contributed by atoms with Crippen LogP contribution in [0.3, 0.4) is 0 Å². The second-order valence-corrected chi connectivity index (χ2v) is 5.58. The molecule has 0 unspecified atom stereocenters. The van der Waals surface area contributed by atoms with Gasteiger partial charge in [0.2, 0.25) is 0 Å². The van der Waals surface area contributed by atoms with Gasteiger partial charge in [-0.05, 0) is 54.0 Å². The highest BCUT2D eigenvalue weighted by Gasteiger charge is 2.11. The summed E-state index contributed by atoms with van der Waals surface area (Å²) in [5.74, 6) is 0.524. The van der Waals surface area contributed by atoms with E-state index in [0.717, 1.165) is 28.2 Å². The van der Waals surface area contributed by atoms with Crippen LogP contribution in [0.1, 0.15) is 24.5 Å². The van der Waals surface area contributed by atoms with Gasteiger partial charge in [-0.1, -0.05) is 29.4 Å². The van der Waals surface area contributed by atoms with Crippen LogP contribution in [-0.4, -0.2) is 37.6 Å². The fraction of sp³-hybridized carbons (Fsp3) is 0.238. The van der Waals surface area contributed by atoms with E-state index in [2.05, 4.69) is 5.16 Å². The van der Waals surface area contributed by atoms with E-state index in [4.69, 9.17) is 19.4 Å². The highest BCUT2D eigenvalue weighted by molar-refractivity contribution is 6.10. The first-order valence-electron chi connectivity index (χ1n) is 8.48. The van der Waals surface area contributed by atoms with E-state index in [1.54, 1.807) is 13.2 Å². The van der Waals surface area contributed by atoms with Crippen LogP contribution in [0.15, 0.2) is 59.8 Å². The molecule has 0 atom stereocenters. The third-order valence-electron chi connectivity index (χ3n) is 3.73. The Morgan fingerprint density at radius 2 is 1.56 bits per heavy atom.